The van der Waals surface area contributed by atoms with Crippen molar-refractivity contribution in [2.45, 2.75) is 12.8 Å². The zero-order valence-corrected chi connectivity index (χ0v) is 9.94. The van der Waals surface area contributed by atoms with E-state index in [4.69, 9.17) is 16.3 Å². The molecular weight excluding hydrogens is 236 g/mol. The molecule has 86 valence electrons. The molecule has 4 heteroatoms. The van der Waals surface area contributed by atoms with Gasteiger partial charge in [-0.05, 0) is 18.4 Å². The molecule has 1 aromatic heterocycles. The molecule has 1 aromatic carbocycles. The first-order valence-electron chi connectivity index (χ1n) is 5.57. The standard InChI is InChI=1S/C13H11ClN2O/c14-13-11(7-15-8-16-13)10-5-1-3-9-4-2-6-17-12(9)10/h1,3,5,7-8H,2,4,6H2. The van der Waals surface area contributed by atoms with Gasteiger partial charge in [-0.1, -0.05) is 29.8 Å². The van der Waals surface area contributed by atoms with Crippen LogP contribution in [0.1, 0.15) is 12.0 Å². The quantitative estimate of drug-likeness (QED) is 0.725. The molecular formula is C13H11ClN2O. The molecule has 0 N–H and O–H groups in total. The topological polar surface area (TPSA) is 35.0 Å². The van der Waals surface area contributed by atoms with Crippen LogP contribution in [0.5, 0.6) is 5.75 Å². The van der Waals surface area contributed by atoms with Gasteiger partial charge in [-0.25, -0.2) is 9.97 Å². The van der Waals surface area contributed by atoms with Gasteiger partial charge in [0.25, 0.3) is 0 Å². The summed E-state index contributed by atoms with van der Waals surface area (Å²) in [5.74, 6) is 0.926. The number of ether oxygens (including phenoxy) is 1. The van der Waals surface area contributed by atoms with Gasteiger partial charge in [0.15, 0.2) is 0 Å². The van der Waals surface area contributed by atoms with E-state index in [0.29, 0.717) is 5.15 Å². The van der Waals surface area contributed by atoms with E-state index >= 15 is 0 Å². The van der Waals surface area contributed by atoms with Crippen molar-refractivity contribution in [2.24, 2.45) is 0 Å². The largest absolute Gasteiger partial charge is 0.493 e. The second-order valence-electron chi connectivity index (χ2n) is 3.97. The van der Waals surface area contributed by atoms with Gasteiger partial charge in [0, 0.05) is 17.3 Å². The molecule has 0 unspecified atom stereocenters. The first kappa shape index (κ1) is 10.5. The van der Waals surface area contributed by atoms with Crippen LogP contribution in [0.25, 0.3) is 11.1 Å². The third-order valence-electron chi connectivity index (χ3n) is 2.89. The highest BCUT2D eigenvalue weighted by Crippen LogP contribution is 2.37. The van der Waals surface area contributed by atoms with Crippen LogP contribution in [0.15, 0.2) is 30.7 Å². The maximum absolute atomic E-state index is 6.09. The van der Waals surface area contributed by atoms with Crippen molar-refractivity contribution in [3.8, 4) is 16.9 Å². The van der Waals surface area contributed by atoms with Gasteiger partial charge >= 0.3 is 0 Å². The Hall–Kier alpha value is -1.61. The average molecular weight is 247 g/mol. The van der Waals surface area contributed by atoms with Gasteiger partial charge in [0.1, 0.15) is 17.2 Å². The number of aromatic nitrogens is 2. The van der Waals surface area contributed by atoms with Crippen molar-refractivity contribution in [1.82, 2.24) is 9.97 Å². The monoisotopic (exact) mass is 246 g/mol. The number of para-hydroxylation sites is 1. The summed E-state index contributed by atoms with van der Waals surface area (Å²) in [6.45, 7) is 0.759. The molecule has 0 atom stereocenters. The molecule has 0 spiro atoms. The zero-order chi connectivity index (χ0) is 11.7. The number of benzene rings is 1. The molecule has 0 aliphatic carbocycles. The first-order chi connectivity index (χ1) is 8.36. The minimum absolute atomic E-state index is 0.461. The summed E-state index contributed by atoms with van der Waals surface area (Å²) in [4.78, 5) is 8.02. The Morgan fingerprint density at radius 3 is 3.06 bits per heavy atom. The van der Waals surface area contributed by atoms with Crippen LogP contribution in [-0.2, 0) is 6.42 Å². The molecule has 0 saturated carbocycles. The zero-order valence-electron chi connectivity index (χ0n) is 9.19. The summed E-state index contributed by atoms with van der Waals surface area (Å²) >= 11 is 6.09. The summed E-state index contributed by atoms with van der Waals surface area (Å²) in [6, 6.07) is 6.11. The molecule has 0 amide bonds. The molecule has 0 fully saturated rings. The van der Waals surface area contributed by atoms with E-state index in [0.717, 1.165) is 36.3 Å². The number of rotatable bonds is 1. The summed E-state index contributed by atoms with van der Waals surface area (Å²) in [5, 5.41) is 0.461. The number of halogens is 1. The van der Waals surface area contributed by atoms with E-state index in [1.165, 1.54) is 11.9 Å². The molecule has 2 heterocycles. The van der Waals surface area contributed by atoms with Gasteiger partial charge in [-0.15, -0.1) is 0 Å². The Kier molecular flexibility index (Phi) is 2.69. The Balaban J connectivity index is 2.18. The molecule has 0 radical (unpaired) electrons. The van der Waals surface area contributed by atoms with Crippen LogP contribution in [0.4, 0.5) is 0 Å². The highest BCUT2D eigenvalue weighted by Gasteiger charge is 2.17. The molecule has 17 heavy (non-hydrogen) atoms. The van der Waals surface area contributed by atoms with Crippen molar-refractivity contribution in [3.05, 3.63) is 41.4 Å². The SMILES string of the molecule is Clc1ncncc1-c1cccc2c1OCCC2. The van der Waals surface area contributed by atoms with Crippen molar-refractivity contribution in [3.63, 3.8) is 0 Å². The van der Waals surface area contributed by atoms with E-state index < -0.39 is 0 Å². The maximum Gasteiger partial charge on any atom is 0.140 e. The second kappa shape index (κ2) is 4.34. The summed E-state index contributed by atoms with van der Waals surface area (Å²) in [6.07, 6.45) is 5.29. The van der Waals surface area contributed by atoms with Crippen molar-refractivity contribution < 1.29 is 4.74 Å². The fourth-order valence-electron chi connectivity index (χ4n) is 2.10. The van der Waals surface area contributed by atoms with Gasteiger partial charge < -0.3 is 4.74 Å². The van der Waals surface area contributed by atoms with Crippen molar-refractivity contribution >= 4 is 11.6 Å². The summed E-state index contributed by atoms with van der Waals surface area (Å²) in [7, 11) is 0. The Bertz CT molecular complexity index is 557. The molecule has 0 bridgehead atoms. The minimum Gasteiger partial charge on any atom is -0.493 e. The van der Waals surface area contributed by atoms with Crippen LogP contribution in [0, 0.1) is 0 Å². The summed E-state index contributed by atoms with van der Waals surface area (Å²) in [5.41, 5.74) is 3.04. The van der Waals surface area contributed by atoms with E-state index in [1.807, 2.05) is 12.1 Å². The van der Waals surface area contributed by atoms with E-state index in [1.54, 1.807) is 6.20 Å². The first-order valence-corrected chi connectivity index (χ1v) is 5.94. The molecule has 1 aliphatic rings. The lowest BCUT2D eigenvalue weighted by Gasteiger charge is -2.20. The van der Waals surface area contributed by atoms with Crippen LogP contribution < -0.4 is 4.74 Å². The molecule has 2 aromatic rings. The van der Waals surface area contributed by atoms with Gasteiger partial charge in [0.2, 0.25) is 0 Å². The fraction of sp³-hybridized carbons (Fsp3) is 0.231. The predicted molar refractivity (Wildman–Crippen MR) is 66.3 cm³/mol. The predicted octanol–water partition coefficient (Wildman–Crippen LogP) is 3.12. The third kappa shape index (κ3) is 1.87. The van der Waals surface area contributed by atoms with E-state index in [9.17, 15) is 0 Å². The minimum atomic E-state index is 0.461. The van der Waals surface area contributed by atoms with Crippen LogP contribution in [0.2, 0.25) is 5.15 Å². The van der Waals surface area contributed by atoms with E-state index in [-0.39, 0.29) is 0 Å². The second-order valence-corrected chi connectivity index (χ2v) is 4.33. The lowest BCUT2D eigenvalue weighted by molar-refractivity contribution is 0.289. The fourth-order valence-corrected chi connectivity index (χ4v) is 2.29. The molecule has 0 saturated heterocycles. The Morgan fingerprint density at radius 2 is 2.18 bits per heavy atom. The normalized spacial score (nSPS) is 13.9. The molecule has 3 nitrogen and oxygen atoms in total. The molecule has 3 rings (SSSR count). The molecule has 1 aliphatic heterocycles. The average Bonchev–Trinajstić information content (AvgIpc) is 2.39. The van der Waals surface area contributed by atoms with Crippen LogP contribution >= 0.6 is 11.6 Å². The highest BCUT2D eigenvalue weighted by atomic mass is 35.5. The summed E-state index contributed by atoms with van der Waals surface area (Å²) < 4.78 is 5.75. The number of aryl methyl sites for hydroxylation is 1. The van der Waals surface area contributed by atoms with Gasteiger partial charge in [-0.2, -0.15) is 0 Å². The smallest absolute Gasteiger partial charge is 0.140 e. The van der Waals surface area contributed by atoms with Gasteiger partial charge in [0.05, 0.1) is 6.61 Å². The Labute approximate surface area is 104 Å². The lowest BCUT2D eigenvalue weighted by Crippen LogP contribution is -2.09. The van der Waals surface area contributed by atoms with E-state index in [2.05, 4.69) is 16.0 Å². The lowest BCUT2D eigenvalue weighted by atomic mass is 9.99. The van der Waals surface area contributed by atoms with Crippen LogP contribution in [-0.4, -0.2) is 16.6 Å². The number of nitrogens with zero attached hydrogens (tertiary/aromatic N) is 2. The number of hydrogen-bond acceptors (Lipinski definition) is 3. The number of hydrogen-bond donors (Lipinski definition) is 0. The van der Waals surface area contributed by atoms with Crippen molar-refractivity contribution in [2.75, 3.05) is 6.61 Å². The third-order valence-corrected chi connectivity index (χ3v) is 3.19. The maximum atomic E-state index is 6.09. The number of fused-ring (bicyclic) bond motifs is 1. The van der Waals surface area contributed by atoms with Crippen LogP contribution in [0.3, 0.4) is 0 Å². The highest BCUT2D eigenvalue weighted by molar-refractivity contribution is 6.32. The Morgan fingerprint density at radius 1 is 1.24 bits per heavy atom. The van der Waals surface area contributed by atoms with Gasteiger partial charge in [-0.3, -0.25) is 0 Å². The van der Waals surface area contributed by atoms with Crippen molar-refractivity contribution in [1.29, 1.82) is 0 Å².